The van der Waals surface area contributed by atoms with Crippen molar-refractivity contribution < 1.29 is 4.79 Å². The number of H-pyrrole nitrogens is 2. The molecule has 1 aliphatic rings. The van der Waals surface area contributed by atoms with Crippen molar-refractivity contribution in [2.45, 2.75) is 52.0 Å². The Labute approximate surface area is 194 Å². The molecular formula is C25H34N6O2. The van der Waals surface area contributed by atoms with Gasteiger partial charge in [0.25, 0.3) is 5.56 Å². The number of amides is 1. The molecule has 0 saturated carbocycles. The fourth-order valence-corrected chi connectivity index (χ4v) is 4.41. The third-order valence-corrected chi connectivity index (χ3v) is 6.28. The van der Waals surface area contributed by atoms with Gasteiger partial charge >= 0.3 is 0 Å². The average molecular weight is 451 g/mol. The summed E-state index contributed by atoms with van der Waals surface area (Å²) in [6.45, 7) is 6.63. The molecule has 8 nitrogen and oxygen atoms in total. The van der Waals surface area contributed by atoms with E-state index < -0.39 is 0 Å². The molecule has 0 spiro atoms. The van der Waals surface area contributed by atoms with E-state index in [0.717, 1.165) is 51.0 Å². The molecule has 3 N–H and O–H groups in total. The number of para-hydroxylation sites is 1. The minimum atomic E-state index is -0.225. The summed E-state index contributed by atoms with van der Waals surface area (Å²) >= 11 is 0. The zero-order valence-electron chi connectivity index (χ0n) is 19.4. The Morgan fingerprint density at radius 2 is 1.82 bits per heavy atom. The fourth-order valence-electron chi connectivity index (χ4n) is 4.41. The van der Waals surface area contributed by atoms with E-state index in [0.29, 0.717) is 24.0 Å². The molecule has 0 bridgehead atoms. The average Bonchev–Trinajstić information content (AvgIpc) is 3.23. The smallest absolute Gasteiger partial charge is 0.262 e. The van der Waals surface area contributed by atoms with Crippen LogP contribution in [0.25, 0.3) is 11.0 Å². The summed E-state index contributed by atoms with van der Waals surface area (Å²) in [6.07, 6.45) is 7.72. The van der Waals surface area contributed by atoms with Crippen LogP contribution in [0.3, 0.4) is 0 Å². The van der Waals surface area contributed by atoms with Crippen LogP contribution in [-0.2, 0) is 11.3 Å². The lowest BCUT2D eigenvalue weighted by atomic mass is 10.1. The van der Waals surface area contributed by atoms with Crippen molar-refractivity contribution in [3.63, 3.8) is 0 Å². The number of nitrogens with zero attached hydrogens (tertiary/aromatic N) is 3. The number of nitrogens with one attached hydrogen (secondary N) is 3. The molecule has 1 amide bonds. The number of carbonyl (C=O) groups is 1. The van der Waals surface area contributed by atoms with Gasteiger partial charge in [-0.2, -0.15) is 4.98 Å². The number of unbranched alkanes of at least 4 members (excludes halogenated alkanes) is 4. The lowest BCUT2D eigenvalue weighted by Gasteiger charge is -2.36. The number of hydrogen-bond donors (Lipinski definition) is 3. The van der Waals surface area contributed by atoms with Crippen molar-refractivity contribution in [2.24, 2.45) is 0 Å². The van der Waals surface area contributed by atoms with Crippen LogP contribution in [0.5, 0.6) is 0 Å². The SMILES string of the molecule is CCCCCCCC(=O)Nc1nc2[nH]cc(CN3CCN(c4ccccc4)CC3)c2c(=O)[nH]1. The van der Waals surface area contributed by atoms with Gasteiger partial charge in [0.1, 0.15) is 5.65 Å². The minimum Gasteiger partial charge on any atom is -0.369 e. The molecule has 4 rings (SSSR count). The molecule has 1 saturated heterocycles. The highest BCUT2D eigenvalue weighted by Crippen LogP contribution is 2.19. The van der Waals surface area contributed by atoms with Gasteiger partial charge in [-0.3, -0.25) is 24.8 Å². The van der Waals surface area contributed by atoms with E-state index in [4.69, 9.17) is 0 Å². The van der Waals surface area contributed by atoms with Gasteiger partial charge in [-0.1, -0.05) is 50.8 Å². The Hall–Kier alpha value is -3.13. The van der Waals surface area contributed by atoms with E-state index >= 15 is 0 Å². The van der Waals surface area contributed by atoms with Gasteiger partial charge in [-0.15, -0.1) is 0 Å². The van der Waals surface area contributed by atoms with Gasteiger partial charge in [-0.05, 0) is 24.1 Å². The zero-order valence-corrected chi connectivity index (χ0v) is 19.4. The summed E-state index contributed by atoms with van der Waals surface area (Å²) in [5.74, 6) is 0.0907. The first-order chi connectivity index (χ1) is 16.1. The highest BCUT2D eigenvalue weighted by molar-refractivity contribution is 5.90. The van der Waals surface area contributed by atoms with Crippen LogP contribution in [0, 0.1) is 0 Å². The molecule has 176 valence electrons. The third kappa shape index (κ3) is 6.01. The topological polar surface area (TPSA) is 97.1 Å². The Bertz CT molecular complexity index is 1100. The summed E-state index contributed by atoms with van der Waals surface area (Å²) in [6, 6.07) is 10.5. The van der Waals surface area contributed by atoms with Crippen molar-refractivity contribution in [1.82, 2.24) is 19.9 Å². The lowest BCUT2D eigenvalue weighted by molar-refractivity contribution is -0.116. The Kier molecular flexibility index (Phi) is 7.78. The summed E-state index contributed by atoms with van der Waals surface area (Å²) in [4.78, 5) is 40.0. The van der Waals surface area contributed by atoms with Gasteiger partial charge in [0.15, 0.2) is 0 Å². The molecule has 33 heavy (non-hydrogen) atoms. The summed E-state index contributed by atoms with van der Waals surface area (Å²) in [7, 11) is 0. The standard InChI is InChI=1S/C25H34N6O2/c1-2-3-4-5-9-12-21(32)27-25-28-23-22(24(33)29-25)19(17-26-23)18-30-13-15-31(16-14-30)20-10-7-6-8-11-20/h6-8,10-11,17H,2-5,9,12-16,18H2,1H3,(H3,26,27,28,29,32,33). The first-order valence-corrected chi connectivity index (χ1v) is 12.1. The van der Waals surface area contributed by atoms with Crippen molar-refractivity contribution in [3.05, 3.63) is 52.4 Å². The fraction of sp³-hybridized carbons (Fsp3) is 0.480. The van der Waals surface area contributed by atoms with E-state index in [1.165, 1.54) is 18.5 Å². The Balaban J connectivity index is 1.33. The van der Waals surface area contributed by atoms with Crippen LogP contribution in [0.15, 0.2) is 41.3 Å². The number of aromatic nitrogens is 3. The Morgan fingerprint density at radius 3 is 2.58 bits per heavy atom. The van der Waals surface area contributed by atoms with E-state index in [9.17, 15) is 9.59 Å². The van der Waals surface area contributed by atoms with E-state index in [-0.39, 0.29) is 17.4 Å². The minimum absolute atomic E-state index is 0.114. The number of carbonyl (C=O) groups excluding carboxylic acids is 1. The zero-order chi connectivity index (χ0) is 23.0. The monoisotopic (exact) mass is 450 g/mol. The maximum Gasteiger partial charge on any atom is 0.262 e. The van der Waals surface area contributed by atoms with Gasteiger partial charge < -0.3 is 9.88 Å². The normalized spacial score (nSPS) is 14.6. The van der Waals surface area contributed by atoms with Crippen LogP contribution >= 0.6 is 0 Å². The van der Waals surface area contributed by atoms with Crippen LogP contribution in [-0.4, -0.2) is 51.9 Å². The number of piperazine rings is 1. The lowest BCUT2D eigenvalue weighted by Crippen LogP contribution is -2.46. The van der Waals surface area contributed by atoms with Crippen molar-refractivity contribution in [2.75, 3.05) is 36.4 Å². The van der Waals surface area contributed by atoms with E-state index in [1.807, 2.05) is 12.3 Å². The molecule has 0 unspecified atom stereocenters. The number of aromatic amines is 2. The molecule has 0 atom stereocenters. The molecule has 1 fully saturated rings. The van der Waals surface area contributed by atoms with Crippen LogP contribution in [0.4, 0.5) is 11.6 Å². The molecule has 0 radical (unpaired) electrons. The number of hydrogen-bond acceptors (Lipinski definition) is 5. The predicted molar refractivity (Wildman–Crippen MR) is 133 cm³/mol. The second-order valence-electron chi connectivity index (χ2n) is 8.76. The number of fused-ring (bicyclic) bond motifs is 1. The molecule has 8 heteroatoms. The van der Waals surface area contributed by atoms with Gasteiger partial charge in [-0.25, -0.2) is 0 Å². The van der Waals surface area contributed by atoms with Crippen molar-refractivity contribution in [3.8, 4) is 0 Å². The molecular weight excluding hydrogens is 416 g/mol. The first kappa shape index (κ1) is 23.0. The largest absolute Gasteiger partial charge is 0.369 e. The third-order valence-electron chi connectivity index (χ3n) is 6.28. The maximum absolute atomic E-state index is 12.8. The summed E-state index contributed by atoms with van der Waals surface area (Å²) < 4.78 is 0. The highest BCUT2D eigenvalue weighted by atomic mass is 16.2. The van der Waals surface area contributed by atoms with Crippen LogP contribution in [0.1, 0.15) is 51.0 Å². The predicted octanol–water partition coefficient (Wildman–Crippen LogP) is 3.87. The highest BCUT2D eigenvalue weighted by Gasteiger charge is 2.20. The first-order valence-electron chi connectivity index (χ1n) is 12.1. The number of benzene rings is 1. The Morgan fingerprint density at radius 1 is 1.06 bits per heavy atom. The second kappa shape index (κ2) is 11.1. The van der Waals surface area contributed by atoms with Crippen molar-refractivity contribution in [1.29, 1.82) is 0 Å². The molecule has 0 aliphatic carbocycles. The van der Waals surface area contributed by atoms with Crippen LogP contribution < -0.4 is 15.8 Å². The van der Waals surface area contributed by atoms with Gasteiger partial charge in [0.05, 0.1) is 5.39 Å². The van der Waals surface area contributed by atoms with Gasteiger partial charge in [0.2, 0.25) is 11.9 Å². The van der Waals surface area contributed by atoms with Crippen LogP contribution in [0.2, 0.25) is 0 Å². The molecule has 1 aromatic carbocycles. The van der Waals surface area contributed by atoms with Gasteiger partial charge in [0, 0.05) is 51.0 Å². The quantitative estimate of drug-likeness (QED) is 0.408. The van der Waals surface area contributed by atoms with Crippen molar-refractivity contribution >= 4 is 28.6 Å². The molecule has 3 heterocycles. The van der Waals surface area contributed by atoms with E-state index in [2.05, 4.69) is 61.3 Å². The number of rotatable bonds is 10. The summed E-state index contributed by atoms with van der Waals surface area (Å²) in [5.41, 5.74) is 2.47. The molecule has 3 aromatic rings. The number of anilines is 2. The molecule has 1 aliphatic heterocycles. The van der Waals surface area contributed by atoms with E-state index in [1.54, 1.807) is 0 Å². The summed E-state index contributed by atoms with van der Waals surface area (Å²) in [5, 5.41) is 3.30. The molecule has 2 aromatic heterocycles. The maximum atomic E-state index is 12.8. The second-order valence-corrected chi connectivity index (χ2v) is 8.76.